The fourth-order valence-corrected chi connectivity index (χ4v) is 12.5. The molecule has 0 saturated heterocycles. The molecule has 0 radical (unpaired) electrons. The quantitative estimate of drug-likeness (QED) is 0.117. The number of halogens is 6. The molecular formula is C69H39F6N5. The molecule has 0 saturated carbocycles. The van der Waals surface area contributed by atoms with Crippen molar-refractivity contribution in [2.24, 2.45) is 0 Å². The molecule has 0 N–H and O–H groups in total. The lowest BCUT2D eigenvalue weighted by molar-refractivity contribution is -0.143. The molecule has 15 aromatic rings. The summed E-state index contributed by atoms with van der Waals surface area (Å²) in [5, 5.41) is 7.91. The smallest absolute Gasteiger partial charge is 0.310 e. The van der Waals surface area contributed by atoms with E-state index in [1.54, 1.807) is 24.3 Å². The van der Waals surface area contributed by atoms with E-state index >= 15 is 0 Å². The summed E-state index contributed by atoms with van der Waals surface area (Å²) in [5.74, 6) is 0. The molecule has 4 aromatic heterocycles. The largest absolute Gasteiger partial charge is 0.416 e. The first-order valence-corrected chi connectivity index (χ1v) is 25.9. The molecule has 11 aromatic carbocycles. The molecule has 4 heterocycles. The topological polar surface area (TPSA) is 24.1 Å². The predicted octanol–water partition coefficient (Wildman–Crippen LogP) is 20.0. The summed E-state index contributed by atoms with van der Waals surface area (Å²) in [6.07, 6.45) is -10.3. The lowest BCUT2D eigenvalue weighted by Crippen LogP contribution is -2.11. The van der Waals surface area contributed by atoms with Gasteiger partial charge in [0.25, 0.3) is 0 Å². The van der Waals surface area contributed by atoms with Gasteiger partial charge in [0.2, 0.25) is 0 Å². The van der Waals surface area contributed by atoms with Crippen LogP contribution in [-0.4, -0.2) is 18.3 Å². The van der Waals surface area contributed by atoms with Crippen molar-refractivity contribution in [3.05, 3.63) is 259 Å². The van der Waals surface area contributed by atoms with Crippen LogP contribution in [0.5, 0.6) is 0 Å². The van der Waals surface area contributed by atoms with Crippen LogP contribution in [0.25, 0.3) is 137 Å². The van der Waals surface area contributed by atoms with Gasteiger partial charge < -0.3 is 18.3 Å². The third kappa shape index (κ3) is 6.98. The van der Waals surface area contributed by atoms with Crippen LogP contribution < -0.4 is 0 Å². The molecule has 0 spiro atoms. The van der Waals surface area contributed by atoms with Crippen LogP contribution in [0.15, 0.2) is 237 Å². The Labute approximate surface area is 452 Å². The molecule has 80 heavy (non-hydrogen) atoms. The zero-order valence-electron chi connectivity index (χ0n) is 42.0. The second-order valence-corrected chi connectivity index (χ2v) is 20.1. The molecule has 5 nitrogen and oxygen atoms in total. The van der Waals surface area contributed by atoms with Crippen molar-refractivity contribution < 1.29 is 26.3 Å². The normalized spacial score (nSPS) is 12.4. The standard InChI is InChI=1S/C69H39F6N5/c1-76-55-23-15-31-65(80-61-29-13-7-21-52(61)54-40-45(33-35-63(54)80)78-58-26-10-4-18-49(58)50-19-5-11-27-59(50)78)67(55)66-46(41-36-42(68(70,71)72)38-43(37-41)69(73,74)75)22-14-30-64(66)79-60-28-12-6-20-51(60)53-39-44(32-34-62(53)79)77-56-24-8-2-16-47(56)48-17-3-9-25-57(48)77/h2-40H. The van der Waals surface area contributed by atoms with Crippen LogP contribution in [0.1, 0.15) is 11.1 Å². The van der Waals surface area contributed by atoms with Gasteiger partial charge in [0.15, 0.2) is 5.69 Å². The van der Waals surface area contributed by atoms with Gasteiger partial charge in [0.1, 0.15) is 0 Å². The fraction of sp³-hybridized carbons (Fsp3) is 0.0290. The van der Waals surface area contributed by atoms with E-state index < -0.39 is 23.5 Å². The van der Waals surface area contributed by atoms with E-state index in [1.807, 2.05) is 132 Å². The number of benzene rings is 11. The number of hydrogen-bond acceptors (Lipinski definition) is 0. The van der Waals surface area contributed by atoms with Crippen LogP contribution in [0.2, 0.25) is 0 Å². The summed E-state index contributed by atoms with van der Waals surface area (Å²) in [6, 6.07) is 73.2. The van der Waals surface area contributed by atoms with Gasteiger partial charge in [-0.1, -0.05) is 133 Å². The highest BCUT2D eigenvalue weighted by Crippen LogP contribution is 2.50. The highest BCUT2D eigenvalue weighted by Gasteiger charge is 2.38. The Kier molecular flexibility index (Phi) is 10.2. The molecule has 0 bridgehead atoms. The predicted molar refractivity (Wildman–Crippen MR) is 311 cm³/mol. The molecule has 0 aliphatic rings. The summed E-state index contributed by atoms with van der Waals surface area (Å²) >= 11 is 0. The van der Waals surface area contributed by atoms with Gasteiger partial charge in [-0.2, -0.15) is 26.3 Å². The van der Waals surface area contributed by atoms with Gasteiger partial charge in [-0.05, 0) is 114 Å². The van der Waals surface area contributed by atoms with Crippen molar-refractivity contribution in [2.75, 3.05) is 0 Å². The number of fused-ring (bicyclic) bond motifs is 12. The van der Waals surface area contributed by atoms with Gasteiger partial charge in [-0.25, -0.2) is 4.85 Å². The highest BCUT2D eigenvalue weighted by atomic mass is 19.4. The maximum atomic E-state index is 15.0. The minimum absolute atomic E-state index is 0.0682. The zero-order valence-corrected chi connectivity index (χ0v) is 42.0. The summed E-state index contributed by atoms with van der Waals surface area (Å²) < 4.78 is 98.3. The first-order valence-electron chi connectivity index (χ1n) is 25.9. The average Bonchev–Trinajstić information content (AvgIpc) is 4.38. The molecule has 15 rings (SSSR count). The zero-order chi connectivity index (χ0) is 54.2. The van der Waals surface area contributed by atoms with E-state index in [2.05, 4.69) is 85.3 Å². The summed E-state index contributed by atoms with van der Waals surface area (Å²) in [4.78, 5) is 4.13. The van der Waals surface area contributed by atoms with E-state index in [9.17, 15) is 26.3 Å². The molecule has 0 unspecified atom stereocenters. The van der Waals surface area contributed by atoms with Gasteiger partial charge in [-0.15, -0.1) is 0 Å². The molecule has 11 heteroatoms. The van der Waals surface area contributed by atoms with Crippen LogP contribution in [-0.2, 0) is 12.4 Å². The molecule has 0 aliphatic carbocycles. The van der Waals surface area contributed by atoms with E-state index in [-0.39, 0.29) is 28.4 Å². The highest BCUT2D eigenvalue weighted by molar-refractivity contribution is 6.16. The summed E-state index contributed by atoms with van der Waals surface area (Å²) in [5.41, 5.74) is 7.43. The van der Waals surface area contributed by atoms with E-state index in [0.29, 0.717) is 16.9 Å². The second kappa shape index (κ2) is 17.3. The van der Waals surface area contributed by atoms with Crippen LogP contribution >= 0.6 is 0 Å². The van der Waals surface area contributed by atoms with Crippen LogP contribution in [0, 0.1) is 6.57 Å². The van der Waals surface area contributed by atoms with E-state index in [0.717, 1.165) is 111 Å². The second-order valence-electron chi connectivity index (χ2n) is 20.1. The SMILES string of the molecule is [C-]#[N+]c1cccc(-n2c3ccccc3c3cc(-n4c5ccccc5c5ccccc54)ccc32)c1-c1c(-c2cc(C(F)(F)F)cc(C(F)(F)F)c2)cccc1-n1c2ccccc2c2cc(-n3c4ccccc4c4ccccc43)ccc21. The molecule has 382 valence electrons. The van der Waals surface area contributed by atoms with Crippen molar-refractivity contribution in [1.82, 2.24) is 18.3 Å². The minimum atomic E-state index is -5.13. The number of para-hydroxylation sites is 6. The van der Waals surface area contributed by atoms with Crippen molar-refractivity contribution >= 4 is 92.9 Å². The number of nitrogens with zero attached hydrogens (tertiary/aromatic N) is 5. The maximum Gasteiger partial charge on any atom is 0.416 e. The van der Waals surface area contributed by atoms with Crippen molar-refractivity contribution in [2.45, 2.75) is 12.4 Å². The fourth-order valence-electron chi connectivity index (χ4n) is 12.5. The number of aromatic nitrogens is 4. The molecular weight excluding hydrogens is 1010 g/mol. The van der Waals surface area contributed by atoms with Gasteiger partial charge in [-0.3, -0.25) is 0 Å². The molecule has 0 aliphatic heterocycles. The Morgan fingerprint density at radius 3 is 1.02 bits per heavy atom. The van der Waals surface area contributed by atoms with Crippen LogP contribution in [0.3, 0.4) is 0 Å². The Balaban J connectivity index is 1.04. The lowest BCUT2D eigenvalue weighted by atomic mass is 9.89. The van der Waals surface area contributed by atoms with Gasteiger partial charge in [0, 0.05) is 71.3 Å². The Morgan fingerprint density at radius 1 is 0.300 bits per heavy atom. The monoisotopic (exact) mass is 1050 g/mol. The van der Waals surface area contributed by atoms with Gasteiger partial charge >= 0.3 is 12.4 Å². The summed E-state index contributed by atoms with van der Waals surface area (Å²) in [7, 11) is 0. The van der Waals surface area contributed by atoms with Crippen LogP contribution in [0.4, 0.5) is 32.0 Å². The van der Waals surface area contributed by atoms with Crippen molar-refractivity contribution in [3.63, 3.8) is 0 Å². The first-order chi connectivity index (χ1) is 38.9. The van der Waals surface area contributed by atoms with Crippen molar-refractivity contribution in [1.29, 1.82) is 0 Å². The number of hydrogen-bond donors (Lipinski definition) is 0. The summed E-state index contributed by atoms with van der Waals surface area (Å²) in [6.45, 7) is 8.85. The Bertz CT molecular complexity index is 5000. The average molecular weight is 1050 g/mol. The number of rotatable bonds is 6. The van der Waals surface area contributed by atoms with Crippen molar-refractivity contribution in [3.8, 4) is 45.0 Å². The molecule has 0 atom stereocenters. The maximum absolute atomic E-state index is 15.0. The van der Waals surface area contributed by atoms with Gasteiger partial charge in [0.05, 0.1) is 67.5 Å². The molecule has 0 fully saturated rings. The first kappa shape index (κ1) is 46.9. The Morgan fingerprint density at radius 2 is 0.637 bits per heavy atom. The minimum Gasteiger partial charge on any atom is -0.310 e. The lowest BCUT2D eigenvalue weighted by Gasteiger charge is -2.23. The third-order valence-electron chi connectivity index (χ3n) is 15.8. The van der Waals surface area contributed by atoms with E-state index in [1.165, 1.54) is 0 Å². The third-order valence-corrected chi connectivity index (χ3v) is 15.8. The Hall–Kier alpha value is -10.3. The number of alkyl halides is 6. The molecule has 0 amide bonds. The van der Waals surface area contributed by atoms with E-state index in [4.69, 9.17) is 6.57 Å².